The summed E-state index contributed by atoms with van der Waals surface area (Å²) in [5, 5.41) is 0. The second kappa shape index (κ2) is 7.35. The van der Waals surface area contributed by atoms with Crippen molar-refractivity contribution in [1.29, 1.82) is 0 Å². The molecule has 1 saturated carbocycles. The maximum Gasteiger partial charge on any atom is 0.406 e. The fraction of sp³-hybridized carbons (Fsp3) is 0.353. The van der Waals surface area contributed by atoms with Gasteiger partial charge in [0.1, 0.15) is 12.3 Å². The van der Waals surface area contributed by atoms with Gasteiger partial charge in [-0.3, -0.25) is 4.79 Å². The molecule has 0 bridgehead atoms. The smallest absolute Gasteiger partial charge is 0.406 e. The maximum absolute atomic E-state index is 12.9. The Balaban J connectivity index is 1.85. The number of sulfonamides is 1. The molecule has 0 atom stereocenters. The van der Waals surface area contributed by atoms with E-state index in [4.69, 9.17) is 4.42 Å². The van der Waals surface area contributed by atoms with Crippen LogP contribution in [0.5, 0.6) is 0 Å². The molecule has 1 fully saturated rings. The standard InChI is InChI=1S/C17H17F3N2O4S/c18-17(19,20)11-22(10-14-4-2-8-26-14)16(23)12-3-1-5-15(9-12)27(24,25)21-13-6-7-13/h1-5,8-9,13,21H,6-7,10-11H2. The van der Waals surface area contributed by atoms with E-state index in [0.29, 0.717) is 4.90 Å². The highest BCUT2D eigenvalue weighted by Crippen LogP contribution is 2.24. The van der Waals surface area contributed by atoms with Crippen LogP contribution in [0.3, 0.4) is 0 Å². The Morgan fingerprint density at radius 3 is 2.56 bits per heavy atom. The van der Waals surface area contributed by atoms with Crippen molar-refractivity contribution in [3.05, 3.63) is 54.0 Å². The molecule has 1 heterocycles. The van der Waals surface area contributed by atoms with E-state index in [2.05, 4.69) is 4.72 Å². The van der Waals surface area contributed by atoms with Crippen LogP contribution in [0.15, 0.2) is 52.0 Å². The van der Waals surface area contributed by atoms with E-state index in [9.17, 15) is 26.4 Å². The summed E-state index contributed by atoms with van der Waals surface area (Å²) in [7, 11) is -3.83. The van der Waals surface area contributed by atoms with Gasteiger partial charge < -0.3 is 9.32 Å². The highest BCUT2D eigenvalue weighted by atomic mass is 32.2. The maximum atomic E-state index is 12.9. The van der Waals surface area contributed by atoms with Gasteiger partial charge in [-0.25, -0.2) is 13.1 Å². The van der Waals surface area contributed by atoms with E-state index < -0.39 is 28.7 Å². The summed E-state index contributed by atoms with van der Waals surface area (Å²) < 4.78 is 70.8. The third-order valence-electron chi connectivity index (χ3n) is 3.87. The first-order valence-corrected chi connectivity index (χ1v) is 9.63. The molecule has 1 aliphatic carbocycles. The Hall–Kier alpha value is -2.33. The van der Waals surface area contributed by atoms with Gasteiger partial charge in [-0.05, 0) is 43.2 Å². The van der Waals surface area contributed by atoms with Crippen molar-refractivity contribution in [3.8, 4) is 0 Å². The van der Waals surface area contributed by atoms with E-state index in [-0.39, 0.29) is 28.8 Å². The number of benzene rings is 1. The molecule has 2 aromatic rings. The van der Waals surface area contributed by atoms with E-state index >= 15 is 0 Å². The normalized spacial score (nSPS) is 14.9. The largest absolute Gasteiger partial charge is 0.467 e. The minimum absolute atomic E-state index is 0.130. The molecule has 0 saturated heterocycles. The molecule has 27 heavy (non-hydrogen) atoms. The number of carbonyl (C=O) groups is 1. The molecule has 1 amide bonds. The van der Waals surface area contributed by atoms with Crippen LogP contribution >= 0.6 is 0 Å². The van der Waals surface area contributed by atoms with Crippen LogP contribution in [0.25, 0.3) is 0 Å². The van der Waals surface area contributed by atoms with Gasteiger partial charge in [-0.15, -0.1) is 0 Å². The van der Waals surface area contributed by atoms with Gasteiger partial charge in [0.15, 0.2) is 0 Å². The van der Waals surface area contributed by atoms with Gasteiger partial charge in [0, 0.05) is 11.6 Å². The van der Waals surface area contributed by atoms with Crippen molar-refractivity contribution in [3.63, 3.8) is 0 Å². The Bertz CT molecular complexity index is 907. The number of nitrogens with zero attached hydrogens (tertiary/aromatic N) is 1. The lowest BCUT2D eigenvalue weighted by molar-refractivity contribution is -0.142. The summed E-state index contributed by atoms with van der Waals surface area (Å²) in [6.07, 6.45) is -1.84. The van der Waals surface area contributed by atoms with E-state index in [0.717, 1.165) is 18.9 Å². The Kier molecular flexibility index (Phi) is 5.29. The second-order valence-electron chi connectivity index (χ2n) is 6.28. The highest BCUT2D eigenvalue weighted by molar-refractivity contribution is 7.89. The molecule has 1 aromatic carbocycles. The molecular formula is C17H17F3N2O4S. The van der Waals surface area contributed by atoms with Gasteiger partial charge >= 0.3 is 6.18 Å². The molecule has 146 valence electrons. The average molecular weight is 402 g/mol. The number of furan rings is 1. The van der Waals surface area contributed by atoms with Crippen molar-refractivity contribution in [1.82, 2.24) is 9.62 Å². The van der Waals surface area contributed by atoms with Gasteiger partial charge in [0.05, 0.1) is 17.7 Å². The van der Waals surface area contributed by atoms with E-state index in [1.165, 1.54) is 36.6 Å². The molecule has 6 nitrogen and oxygen atoms in total. The summed E-state index contributed by atoms with van der Waals surface area (Å²) in [5.41, 5.74) is -0.149. The monoisotopic (exact) mass is 402 g/mol. The average Bonchev–Trinajstić information content (AvgIpc) is 3.23. The summed E-state index contributed by atoms with van der Waals surface area (Å²) in [6.45, 7) is -1.87. The number of carbonyl (C=O) groups excluding carboxylic acids is 1. The third-order valence-corrected chi connectivity index (χ3v) is 5.39. The molecule has 0 spiro atoms. The number of hydrogen-bond acceptors (Lipinski definition) is 4. The van der Waals surface area contributed by atoms with Crippen LogP contribution in [-0.4, -0.2) is 38.0 Å². The zero-order chi connectivity index (χ0) is 19.7. The Morgan fingerprint density at radius 2 is 1.96 bits per heavy atom. The molecule has 1 aliphatic rings. The van der Waals surface area contributed by atoms with Crippen molar-refractivity contribution >= 4 is 15.9 Å². The zero-order valence-corrected chi connectivity index (χ0v) is 14.9. The number of hydrogen-bond donors (Lipinski definition) is 1. The molecule has 1 aromatic heterocycles. The molecule has 10 heteroatoms. The van der Waals surface area contributed by atoms with Crippen molar-refractivity contribution < 1.29 is 30.8 Å². The van der Waals surface area contributed by atoms with E-state index in [1.807, 2.05) is 0 Å². The summed E-state index contributed by atoms with van der Waals surface area (Å²) >= 11 is 0. The summed E-state index contributed by atoms with van der Waals surface area (Å²) in [6, 6.07) is 7.81. The molecular weight excluding hydrogens is 385 g/mol. The van der Waals surface area contributed by atoms with E-state index in [1.54, 1.807) is 0 Å². The van der Waals surface area contributed by atoms with Crippen LogP contribution in [0.1, 0.15) is 29.0 Å². The fourth-order valence-corrected chi connectivity index (χ4v) is 3.82. The minimum atomic E-state index is -4.61. The number of halogens is 3. The third kappa shape index (κ3) is 5.33. The van der Waals surface area contributed by atoms with Gasteiger partial charge in [-0.2, -0.15) is 13.2 Å². The molecule has 3 rings (SSSR count). The molecule has 1 N–H and O–H groups in total. The lowest BCUT2D eigenvalue weighted by Crippen LogP contribution is -2.38. The summed E-state index contributed by atoms with van der Waals surface area (Å²) in [5.74, 6) is -0.751. The predicted molar refractivity (Wildman–Crippen MR) is 89.3 cm³/mol. The second-order valence-corrected chi connectivity index (χ2v) is 7.99. The Morgan fingerprint density at radius 1 is 1.22 bits per heavy atom. The van der Waals surface area contributed by atoms with Crippen molar-refractivity contribution in [2.45, 2.75) is 36.5 Å². The fourth-order valence-electron chi connectivity index (χ4n) is 2.47. The van der Waals surface area contributed by atoms with Crippen LogP contribution in [-0.2, 0) is 16.6 Å². The predicted octanol–water partition coefficient (Wildman–Crippen LogP) is 2.93. The number of amides is 1. The quantitative estimate of drug-likeness (QED) is 0.772. The van der Waals surface area contributed by atoms with Gasteiger partial charge in [0.25, 0.3) is 5.91 Å². The lowest BCUT2D eigenvalue weighted by atomic mass is 10.2. The summed E-state index contributed by atoms with van der Waals surface area (Å²) in [4.78, 5) is 13.0. The van der Waals surface area contributed by atoms with Crippen molar-refractivity contribution in [2.24, 2.45) is 0 Å². The molecule has 0 radical (unpaired) electrons. The molecule has 0 aliphatic heterocycles. The first-order valence-electron chi connectivity index (χ1n) is 8.15. The first-order chi connectivity index (χ1) is 12.6. The SMILES string of the molecule is O=C(c1cccc(S(=O)(=O)NC2CC2)c1)N(Cc1ccco1)CC(F)(F)F. The zero-order valence-electron chi connectivity index (χ0n) is 14.1. The van der Waals surface area contributed by atoms with Crippen molar-refractivity contribution in [2.75, 3.05) is 6.54 Å². The number of rotatable bonds is 7. The Labute approximate surface area is 154 Å². The van der Waals surface area contributed by atoms with Crippen LogP contribution in [0, 0.1) is 0 Å². The topological polar surface area (TPSA) is 79.6 Å². The minimum Gasteiger partial charge on any atom is -0.467 e. The molecule has 0 unspecified atom stereocenters. The number of nitrogens with one attached hydrogen (secondary N) is 1. The van der Waals surface area contributed by atoms with Crippen LogP contribution < -0.4 is 4.72 Å². The van der Waals surface area contributed by atoms with Crippen LogP contribution in [0.4, 0.5) is 13.2 Å². The highest BCUT2D eigenvalue weighted by Gasteiger charge is 2.34. The first kappa shape index (κ1) is 19.4. The lowest BCUT2D eigenvalue weighted by Gasteiger charge is -2.23. The van der Waals surface area contributed by atoms with Crippen LogP contribution in [0.2, 0.25) is 0 Å². The van der Waals surface area contributed by atoms with Gasteiger partial charge in [-0.1, -0.05) is 6.07 Å². The number of alkyl halides is 3. The van der Waals surface area contributed by atoms with Gasteiger partial charge in [0.2, 0.25) is 10.0 Å².